The molecule has 2 heterocycles. The van der Waals surface area contributed by atoms with Crippen LogP contribution in [0.4, 0.5) is 5.69 Å². The Kier molecular flexibility index (Phi) is 5.99. The molecule has 1 atom stereocenters. The second kappa shape index (κ2) is 8.86. The van der Waals surface area contributed by atoms with Gasteiger partial charge in [-0.1, -0.05) is 30.3 Å². The molecule has 7 heteroatoms. The van der Waals surface area contributed by atoms with Crippen LogP contribution in [0.15, 0.2) is 70.8 Å². The summed E-state index contributed by atoms with van der Waals surface area (Å²) in [5.74, 6) is -0.158. The van der Waals surface area contributed by atoms with Crippen molar-refractivity contribution in [3.05, 3.63) is 87.5 Å². The molecule has 1 unspecified atom stereocenters. The van der Waals surface area contributed by atoms with Gasteiger partial charge in [0.15, 0.2) is 0 Å². The number of aryl methyl sites for hydroxylation is 1. The maximum absolute atomic E-state index is 13.2. The van der Waals surface area contributed by atoms with Crippen LogP contribution >= 0.6 is 0 Å². The average Bonchev–Trinajstić information content (AvgIpc) is 2.79. The lowest BCUT2D eigenvalue weighted by Crippen LogP contribution is -2.55. The number of hydrogen-bond acceptors (Lipinski definition) is 4. The number of aromatic nitrogens is 2. The Bertz CT molecular complexity index is 1290. The summed E-state index contributed by atoms with van der Waals surface area (Å²) in [4.78, 5) is 42.8. The van der Waals surface area contributed by atoms with Crippen molar-refractivity contribution >= 4 is 22.6 Å². The molecule has 3 aromatic rings. The molecule has 166 valence electrons. The number of rotatable bonds is 5. The van der Waals surface area contributed by atoms with Crippen molar-refractivity contribution in [2.75, 3.05) is 24.5 Å². The van der Waals surface area contributed by atoms with Gasteiger partial charge in [-0.05, 0) is 43.7 Å². The highest BCUT2D eigenvalue weighted by Gasteiger charge is 2.27. The molecule has 1 fully saturated rings. The van der Waals surface area contributed by atoms with Crippen LogP contribution in [-0.2, 0) is 17.9 Å². The second-order valence-corrected chi connectivity index (χ2v) is 8.31. The Balaban J connectivity index is 1.58. The summed E-state index contributed by atoms with van der Waals surface area (Å²) in [6.07, 6.45) is 1.58. The number of nitrogens with zero attached hydrogens (tertiary/aromatic N) is 4. The highest BCUT2D eigenvalue weighted by atomic mass is 16.2. The average molecular weight is 433 g/mol. The van der Waals surface area contributed by atoms with Gasteiger partial charge in [-0.25, -0.2) is 0 Å². The largest absolute Gasteiger partial charge is 0.365 e. The van der Waals surface area contributed by atoms with Crippen molar-refractivity contribution in [2.45, 2.75) is 33.0 Å². The van der Waals surface area contributed by atoms with Crippen molar-refractivity contribution in [1.29, 1.82) is 0 Å². The number of allylic oxidation sites excluding steroid dienone is 1. The number of carbonyl (C=O) groups is 1. The van der Waals surface area contributed by atoms with Crippen LogP contribution < -0.4 is 16.0 Å². The zero-order valence-corrected chi connectivity index (χ0v) is 18.5. The lowest BCUT2D eigenvalue weighted by Gasteiger charge is -2.41. The fraction of sp³-hybridized carbons (Fsp3) is 0.320. The topological polar surface area (TPSA) is 67.5 Å². The lowest BCUT2D eigenvalue weighted by molar-refractivity contribution is -0.132. The van der Waals surface area contributed by atoms with Crippen molar-refractivity contribution < 1.29 is 4.79 Å². The SMILES string of the molecule is C=CCn1c(=O)c(=O)n(CC(=O)N2CCN(c3cccc(C)c3)C(C)C2)c2ccccc21. The standard InChI is InChI=1S/C25H28N4O3/c1-4-12-28-21-10-5-6-11-22(21)29(25(32)24(28)31)17-23(30)26-13-14-27(19(3)16-26)20-9-7-8-18(2)15-20/h4-11,15,19H,1,12-14,16-17H2,2-3H3. The van der Waals surface area contributed by atoms with E-state index in [4.69, 9.17) is 0 Å². The van der Waals surface area contributed by atoms with Crippen LogP contribution in [0.3, 0.4) is 0 Å². The van der Waals surface area contributed by atoms with Gasteiger partial charge in [-0.3, -0.25) is 23.5 Å². The van der Waals surface area contributed by atoms with Crippen LogP contribution in [0, 0.1) is 6.92 Å². The smallest absolute Gasteiger partial charge is 0.317 e. The summed E-state index contributed by atoms with van der Waals surface area (Å²) in [6.45, 7) is 9.77. The number of benzene rings is 2. The summed E-state index contributed by atoms with van der Waals surface area (Å²) in [6, 6.07) is 15.6. The summed E-state index contributed by atoms with van der Waals surface area (Å²) in [7, 11) is 0. The monoisotopic (exact) mass is 432 g/mol. The van der Waals surface area contributed by atoms with Gasteiger partial charge in [0, 0.05) is 37.9 Å². The van der Waals surface area contributed by atoms with Gasteiger partial charge in [0.05, 0.1) is 11.0 Å². The molecule has 2 aromatic carbocycles. The van der Waals surface area contributed by atoms with Gasteiger partial charge >= 0.3 is 11.1 Å². The lowest BCUT2D eigenvalue weighted by atomic mass is 10.1. The zero-order chi connectivity index (χ0) is 22.8. The summed E-state index contributed by atoms with van der Waals surface area (Å²) in [5.41, 5.74) is 2.20. The Hall–Kier alpha value is -3.61. The summed E-state index contributed by atoms with van der Waals surface area (Å²) >= 11 is 0. The fourth-order valence-electron chi connectivity index (χ4n) is 4.45. The first kappa shape index (κ1) is 21.6. The molecule has 1 amide bonds. The van der Waals surface area contributed by atoms with E-state index in [0.29, 0.717) is 30.7 Å². The third kappa shape index (κ3) is 3.98. The van der Waals surface area contributed by atoms with Crippen LogP contribution in [-0.4, -0.2) is 45.6 Å². The molecular formula is C25H28N4O3. The van der Waals surface area contributed by atoms with Crippen molar-refractivity contribution in [3.8, 4) is 0 Å². The summed E-state index contributed by atoms with van der Waals surface area (Å²) < 4.78 is 2.70. The van der Waals surface area contributed by atoms with E-state index in [1.54, 1.807) is 29.2 Å². The number of amides is 1. The summed E-state index contributed by atoms with van der Waals surface area (Å²) in [5, 5.41) is 0. The number of fused-ring (bicyclic) bond motifs is 1. The van der Waals surface area contributed by atoms with E-state index >= 15 is 0 Å². The number of carbonyl (C=O) groups excluding carboxylic acids is 1. The van der Waals surface area contributed by atoms with Crippen molar-refractivity contribution in [1.82, 2.24) is 14.0 Å². The number of hydrogen-bond donors (Lipinski definition) is 0. The second-order valence-electron chi connectivity index (χ2n) is 8.31. The first-order valence-corrected chi connectivity index (χ1v) is 10.8. The maximum Gasteiger partial charge on any atom is 0.317 e. The van der Waals surface area contributed by atoms with Crippen molar-refractivity contribution in [2.24, 2.45) is 0 Å². The molecule has 1 aromatic heterocycles. The number of para-hydroxylation sites is 2. The molecule has 0 radical (unpaired) electrons. The predicted molar refractivity (Wildman–Crippen MR) is 127 cm³/mol. The Morgan fingerprint density at radius 3 is 2.38 bits per heavy atom. The fourth-order valence-corrected chi connectivity index (χ4v) is 4.45. The molecule has 1 aliphatic heterocycles. The first-order chi connectivity index (χ1) is 15.4. The molecule has 0 N–H and O–H groups in total. The first-order valence-electron chi connectivity index (χ1n) is 10.8. The number of anilines is 1. The van der Waals surface area contributed by atoms with E-state index in [1.165, 1.54) is 14.7 Å². The minimum Gasteiger partial charge on any atom is -0.365 e. The molecule has 1 aliphatic rings. The van der Waals surface area contributed by atoms with Crippen LogP contribution in [0.25, 0.3) is 11.0 Å². The molecule has 1 saturated heterocycles. The Morgan fingerprint density at radius 2 is 1.72 bits per heavy atom. The Labute approximate surface area is 186 Å². The van der Waals surface area contributed by atoms with Gasteiger partial charge < -0.3 is 9.80 Å². The maximum atomic E-state index is 13.2. The van der Waals surface area contributed by atoms with Crippen molar-refractivity contribution in [3.63, 3.8) is 0 Å². The minimum atomic E-state index is -0.689. The third-order valence-corrected chi connectivity index (χ3v) is 6.06. The molecule has 0 spiro atoms. The quantitative estimate of drug-likeness (QED) is 0.459. The van der Waals surface area contributed by atoms with Gasteiger partial charge in [0.25, 0.3) is 0 Å². The third-order valence-electron chi connectivity index (χ3n) is 6.06. The number of piperazine rings is 1. The Morgan fingerprint density at radius 1 is 1.03 bits per heavy atom. The molecule has 7 nitrogen and oxygen atoms in total. The molecule has 32 heavy (non-hydrogen) atoms. The van der Waals surface area contributed by atoms with E-state index in [-0.39, 0.29) is 25.0 Å². The van der Waals surface area contributed by atoms with Crippen LogP contribution in [0.2, 0.25) is 0 Å². The van der Waals surface area contributed by atoms with Crippen LogP contribution in [0.5, 0.6) is 0 Å². The molecule has 0 aliphatic carbocycles. The molecular weight excluding hydrogens is 404 g/mol. The van der Waals surface area contributed by atoms with Crippen LogP contribution in [0.1, 0.15) is 12.5 Å². The van der Waals surface area contributed by atoms with E-state index in [2.05, 4.69) is 43.5 Å². The highest BCUT2D eigenvalue weighted by molar-refractivity contribution is 5.80. The van der Waals surface area contributed by atoms with Gasteiger partial charge in [-0.2, -0.15) is 0 Å². The predicted octanol–water partition coefficient (Wildman–Crippen LogP) is 2.39. The zero-order valence-electron chi connectivity index (χ0n) is 18.5. The van der Waals surface area contributed by atoms with Gasteiger partial charge in [-0.15, -0.1) is 6.58 Å². The van der Waals surface area contributed by atoms with Gasteiger partial charge in [0.2, 0.25) is 5.91 Å². The van der Waals surface area contributed by atoms with E-state index < -0.39 is 11.1 Å². The van der Waals surface area contributed by atoms with E-state index in [0.717, 1.165) is 5.69 Å². The molecule has 0 bridgehead atoms. The highest BCUT2D eigenvalue weighted by Crippen LogP contribution is 2.22. The minimum absolute atomic E-state index is 0.142. The van der Waals surface area contributed by atoms with Gasteiger partial charge in [0.1, 0.15) is 6.54 Å². The molecule has 0 saturated carbocycles. The molecule has 4 rings (SSSR count). The van der Waals surface area contributed by atoms with E-state index in [9.17, 15) is 14.4 Å². The van der Waals surface area contributed by atoms with E-state index in [1.807, 2.05) is 12.1 Å². The normalized spacial score (nSPS) is 16.4.